The van der Waals surface area contributed by atoms with E-state index in [1.54, 1.807) is 35.7 Å². The van der Waals surface area contributed by atoms with E-state index in [0.717, 1.165) is 5.56 Å². The molecule has 0 aliphatic rings. The number of nitrogens with zero attached hydrogens (tertiary/aromatic N) is 1. The van der Waals surface area contributed by atoms with E-state index in [4.69, 9.17) is 9.47 Å². The Morgan fingerprint density at radius 1 is 1.03 bits per heavy atom. The highest BCUT2D eigenvalue weighted by atomic mass is 32.1. The maximum atomic E-state index is 13.8. The topological polar surface area (TPSA) is 60.5 Å². The molecular weight excluding hydrogens is 415 g/mol. The highest BCUT2D eigenvalue weighted by molar-refractivity contribution is 7.13. The van der Waals surface area contributed by atoms with Gasteiger partial charge in [-0.05, 0) is 36.4 Å². The second kappa shape index (κ2) is 9.40. The van der Waals surface area contributed by atoms with Crippen LogP contribution >= 0.6 is 11.3 Å². The van der Waals surface area contributed by atoms with E-state index in [9.17, 15) is 9.18 Å². The number of carbonyl (C=O) groups excluding carboxylic acids is 1. The molecule has 1 heterocycles. The van der Waals surface area contributed by atoms with E-state index < -0.39 is 0 Å². The van der Waals surface area contributed by atoms with Crippen LogP contribution in [0.25, 0.3) is 10.6 Å². The Labute approximate surface area is 183 Å². The van der Waals surface area contributed by atoms with E-state index in [1.807, 2.05) is 36.4 Å². The van der Waals surface area contributed by atoms with E-state index in [-0.39, 0.29) is 18.3 Å². The highest BCUT2D eigenvalue weighted by Gasteiger charge is 2.14. The number of hydrogen-bond acceptors (Lipinski definition) is 5. The van der Waals surface area contributed by atoms with Crippen molar-refractivity contribution in [3.63, 3.8) is 0 Å². The molecule has 0 saturated heterocycles. The minimum atomic E-state index is -0.317. The first-order valence-corrected chi connectivity index (χ1v) is 10.4. The lowest BCUT2D eigenvalue weighted by Gasteiger charge is -2.12. The van der Waals surface area contributed by atoms with Gasteiger partial charge >= 0.3 is 0 Å². The van der Waals surface area contributed by atoms with Crippen LogP contribution in [0.4, 0.5) is 10.1 Å². The molecule has 4 rings (SSSR count). The number of rotatable bonds is 7. The number of para-hydroxylation sites is 1. The van der Waals surface area contributed by atoms with Gasteiger partial charge in [-0.1, -0.05) is 36.4 Å². The fourth-order valence-corrected chi connectivity index (χ4v) is 3.72. The summed E-state index contributed by atoms with van der Waals surface area (Å²) >= 11 is 1.36. The summed E-state index contributed by atoms with van der Waals surface area (Å²) in [6.45, 7) is 0.0867. The van der Waals surface area contributed by atoms with E-state index in [2.05, 4.69) is 10.3 Å². The third kappa shape index (κ3) is 4.90. The van der Waals surface area contributed by atoms with Crippen LogP contribution in [0.5, 0.6) is 11.5 Å². The van der Waals surface area contributed by atoms with Crippen molar-refractivity contribution in [3.8, 4) is 22.1 Å². The number of aromatic nitrogens is 1. The van der Waals surface area contributed by atoms with Crippen molar-refractivity contribution in [2.45, 2.75) is 6.61 Å². The zero-order valence-corrected chi connectivity index (χ0v) is 17.5. The third-order valence-electron chi connectivity index (χ3n) is 4.52. The van der Waals surface area contributed by atoms with Gasteiger partial charge in [0.2, 0.25) is 0 Å². The number of ether oxygens (including phenoxy) is 2. The van der Waals surface area contributed by atoms with Crippen LogP contribution in [-0.2, 0) is 6.61 Å². The van der Waals surface area contributed by atoms with Crippen LogP contribution < -0.4 is 14.8 Å². The van der Waals surface area contributed by atoms with Gasteiger partial charge in [-0.25, -0.2) is 9.37 Å². The normalized spacial score (nSPS) is 10.5. The van der Waals surface area contributed by atoms with Gasteiger partial charge in [0, 0.05) is 22.2 Å². The molecule has 0 spiro atoms. The Bertz CT molecular complexity index is 1190. The molecule has 0 fully saturated rings. The van der Waals surface area contributed by atoms with Crippen molar-refractivity contribution in [1.29, 1.82) is 0 Å². The number of thiazole rings is 1. The molecule has 5 nitrogen and oxygen atoms in total. The molecule has 1 aromatic heterocycles. The highest BCUT2D eigenvalue weighted by Crippen LogP contribution is 2.34. The first-order valence-electron chi connectivity index (χ1n) is 9.50. The third-order valence-corrected chi connectivity index (χ3v) is 5.41. The van der Waals surface area contributed by atoms with Crippen LogP contribution in [0.2, 0.25) is 0 Å². The summed E-state index contributed by atoms with van der Waals surface area (Å²) in [5.74, 6) is 0.403. The molecule has 3 aromatic carbocycles. The lowest BCUT2D eigenvalue weighted by Crippen LogP contribution is -2.12. The summed E-state index contributed by atoms with van der Waals surface area (Å²) in [6.07, 6.45) is 0. The van der Waals surface area contributed by atoms with Gasteiger partial charge in [0.15, 0.2) is 11.5 Å². The predicted molar refractivity (Wildman–Crippen MR) is 119 cm³/mol. The molecule has 0 radical (unpaired) electrons. The zero-order chi connectivity index (χ0) is 21.6. The number of methoxy groups -OCH3 is 1. The van der Waals surface area contributed by atoms with Crippen LogP contribution in [0.1, 0.15) is 16.1 Å². The molecule has 4 aromatic rings. The lowest BCUT2D eigenvalue weighted by molar-refractivity contribution is 0.102. The molecule has 0 unspecified atom stereocenters. The van der Waals surface area contributed by atoms with Crippen molar-refractivity contribution in [2.75, 3.05) is 12.4 Å². The number of amides is 1. The Hall–Kier alpha value is -3.71. The average molecular weight is 434 g/mol. The summed E-state index contributed by atoms with van der Waals surface area (Å²) in [5.41, 5.74) is 2.30. The van der Waals surface area contributed by atoms with Gasteiger partial charge < -0.3 is 14.8 Å². The standard InChI is InChI=1S/C24H19FN2O3S/c1-29-22-13-16(11-12-21(22)30-14-17-7-5-6-10-19(17)25)24-27-20(15-31-24)23(28)26-18-8-3-2-4-9-18/h2-13,15H,14H2,1H3,(H,26,28). The Balaban J connectivity index is 1.49. The Morgan fingerprint density at radius 2 is 1.81 bits per heavy atom. The molecule has 0 aliphatic heterocycles. The van der Waals surface area contributed by atoms with Crippen molar-refractivity contribution in [1.82, 2.24) is 4.98 Å². The van der Waals surface area contributed by atoms with Crippen LogP contribution in [0.3, 0.4) is 0 Å². The fraction of sp³-hybridized carbons (Fsp3) is 0.0833. The second-order valence-electron chi connectivity index (χ2n) is 6.60. The number of benzene rings is 3. The first kappa shape index (κ1) is 20.6. The number of carbonyl (C=O) groups is 1. The average Bonchev–Trinajstić information content (AvgIpc) is 3.30. The van der Waals surface area contributed by atoms with E-state index >= 15 is 0 Å². The molecule has 1 amide bonds. The minimum absolute atomic E-state index is 0.0867. The maximum absolute atomic E-state index is 13.8. The second-order valence-corrected chi connectivity index (χ2v) is 7.46. The van der Waals surface area contributed by atoms with Crippen molar-refractivity contribution >= 4 is 22.9 Å². The van der Waals surface area contributed by atoms with Gasteiger partial charge in [-0.3, -0.25) is 4.79 Å². The SMILES string of the molecule is COc1cc(-c2nc(C(=O)Nc3ccccc3)cs2)ccc1OCc1ccccc1F. The largest absolute Gasteiger partial charge is 0.493 e. The van der Waals surface area contributed by atoms with Gasteiger partial charge in [-0.15, -0.1) is 11.3 Å². The molecule has 0 aliphatic carbocycles. The van der Waals surface area contributed by atoms with Gasteiger partial charge in [-0.2, -0.15) is 0 Å². The van der Waals surface area contributed by atoms with Crippen molar-refractivity contribution in [2.24, 2.45) is 0 Å². The molecule has 1 N–H and O–H groups in total. The summed E-state index contributed by atoms with van der Waals surface area (Å²) in [5, 5.41) is 5.21. The van der Waals surface area contributed by atoms with Gasteiger partial charge in [0.25, 0.3) is 5.91 Å². The molecular formula is C24H19FN2O3S. The van der Waals surface area contributed by atoms with Crippen molar-refractivity contribution < 1.29 is 18.7 Å². The van der Waals surface area contributed by atoms with Crippen LogP contribution in [0, 0.1) is 5.82 Å². The molecule has 7 heteroatoms. The molecule has 0 atom stereocenters. The molecule has 156 valence electrons. The Kier molecular flexibility index (Phi) is 6.24. The minimum Gasteiger partial charge on any atom is -0.493 e. The number of nitrogens with one attached hydrogen (secondary N) is 1. The zero-order valence-electron chi connectivity index (χ0n) is 16.7. The summed E-state index contributed by atoms with van der Waals surface area (Å²) in [7, 11) is 1.54. The monoisotopic (exact) mass is 434 g/mol. The van der Waals surface area contributed by atoms with E-state index in [1.165, 1.54) is 24.5 Å². The van der Waals surface area contributed by atoms with Crippen LogP contribution in [-0.4, -0.2) is 18.0 Å². The van der Waals surface area contributed by atoms with Crippen molar-refractivity contribution in [3.05, 3.63) is 95.3 Å². The first-order chi connectivity index (χ1) is 15.1. The van der Waals surface area contributed by atoms with Gasteiger partial charge in [0.1, 0.15) is 23.1 Å². The van der Waals surface area contributed by atoms with Gasteiger partial charge in [0.05, 0.1) is 7.11 Å². The lowest BCUT2D eigenvalue weighted by atomic mass is 10.2. The number of anilines is 1. The number of hydrogen-bond donors (Lipinski definition) is 1. The smallest absolute Gasteiger partial charge is 0.275 e. The predicted octanol–water partition coefficient (Wildman–Crippen LogP) is 5.79. The maximum Gasteiger partial charge on any atom is 0.275 e. The van der Waals surface area contributed by atoms with Crippen LogP contribution in [0.15, 0.2) is 78.2 Å². The molecule has 31 heavy (non-hydrogen) atoms. The summed E-state index contributed by atoms with van der Waals surface area (Å²) < 4.78 is 25.0. The summed E-state index contributed by atoms with van der Waals surface area (Å²) in [6, 6.07) is 21.0. The fourth-order valence-electron chi connectivity index (χ4n) is 2.92. The molecule has 0 saturated carbocycles. The Morgan fingerprint density at radius 3 is 2.58 bits per heavy atom. The number of halogens is 1. The summed E-state index contributed by atoms with van der Waals surface area (Å²) in [4.78, 5) is 16.9. The quantitative estimate of drug-likeness (QED) is 0.400. The van der Waals surface area contributed by atoms with E-state index in [0.29, 0.717) is 33.5 Å². The molecule has 0 bridgehead atoms.